The van der Waals surface area contributed by atoms with Gasteiger partial charge in [-0.1, -0.05) is 29.3 Å². The Bertz CT molecular complexity index is 775. The molecule has 2 aliphatic rings. The summed E-state index contributed by atoms with van der Waals surface area (Å²) >= 11 is 17.5. The van der Waals surface area contributed by atoms with Crippen molar-refractivity contribution in [3.63, 3.8) is 0 Å². The van der Waals surface area contributed by atoms with Gasteiger partial charge in [0.15, 0.2) is 0 Å². The maximum Gasteiger partial charge on any atom is 0.150 e. The van der Waals surface area contributed by atoms with Crippen LogP contribution in [0.1, 0.15) is 27.0 Å². The Morgan fingerprint density at radius 3 is 2.08 bits per heavy atom. The highest BCUT2D eigenvalue weighted by molar-refractivity contribution is 6.32. The molecule has 6 heteroatoms. The summed E-state index contributed by atoms with van der Waals surface area (Å²) < 4.78 is 10.6. The first-order chi connectivity index (χ1) is 11.6. The first-order valence-electron chi connectivity index (χ1n) is 7.53. The van der Waals surface area contributed by atoms with E-state index in [2.05, 4.69) is 6.07 Å². The van der Waals surface area contributed by atoms with Crippen LogP contribution in [-0.4, -0.2) is 19.5 Å². The molecule has 4 rings (SSSR count). The van der Waals surface area contributed by atoms with Crippen molar-refractivity contribution in [2.45, 2.75) is 18.7 Å². The highest BCUT2D eigenvalue weighted by Crippen LogP contribution is 2.35. The fourth-order valence-corrected chi connectivity index (χ4v) is 3.52. The third-order valence-corrected chi connectivity index (χ3v) is 4.72. The lowest BCUT2D eigenvalue weighted by Gasteiger charge is -2.03. The number of halogens is 3. The molecule has 0 unspecified atom stereocenters. The van der Waals surface area contributed by atoms with Crippen molar-refractivity contribution in [1.82, 2.24) is 0 Å². The van der Waals surface area contributed by atoms with Crippen LogP contribution in [0.15, 0.2) is 24.3 Å². The normalized spacial score (nSPS) is 14.0. The van der Waals surface area contributed by atoms with E-state index in [4.69, 9.17) is 44.3 Å². The first-order valence-corrected chi connectivity index (χ1v) is 8.82. The number of hydrogen-bond donors (Lipinski definition) is 0. The molecule has 2 aliphatic heterocycles. The SMILES string of the molecule is ClCc1cc(Cl)c2c(c1)CCO2.O=Cc1cc(Cl)c2c(c1)CCO2. The molecule has 0 aliphatic carbocycles. The molecule has 0 bridgehead atoms. The van der Waals surface area contributed by atoms with Crippen LogP contribution in [0.25, 0.3) is 0 Å². The minimum absolute atomic E-state index is 0.507. The third kappa shape index (κ3) is 3.64. The standard InChI is InChI=1S/C9H8Cl2O.C9H7ClO2/c10-5-6-3-7-1-2-12-9(7)8(11)4-6;10-8-4-6(5-11)3-7-1-2-12-9(7)8/h3-4H,1-2,5H2;3-5H,1-2H2. The average molecular weight is 386 g/mol. The monoisotopic (exact) mass is 384 g/mol. The molecule has 0 spiro atoms. The van der Waals surface area contributed by atoms with Crippen LogP contribution in [0.3, 0.4) is 0 Å². The number of aldehydes is 1. The Hall–Kier alpha value is -1.42. The number of carbonyl (C=O) groups excluding carboxylic acids is 1. The van der Waals surface area contributed by atoms with Crippen molar-refractivity contribution in [2.75, 3.05) is 13.2 Å². The van der Waals surface area contributed by atoms with E-state index in [9.17, 15) is 4.79 Å². The van der Waals surface area contributed by atoms with Gasteiger partial charge < -0.3 is 9.47 Å². The van der Waals surface area contributed by atoms with E-state index in [0.717, 1.165) is 48.4 Å². The lowest BCUT2D eigenvalue weighted by Crippen LogP contribution is -1.86. The van der Waals surface area contributed by atoms with Gasteiger partial charge >= 0.3 is 0 Å². The van der Waals surface area contributed by atoms with Gasteiger partial charge in [0.25, 0.3) is 0 Å². The Morgan fingerprint density at radius 2 is 1.50 bits per heavy atom. The summed E-state index contributed by atoms with van der Waals surface area (Å²) in [5, 5.41) is 1.22. The van der Waals surface area contributed by atoms with E-state index in [0.29, 0.717) is 28.1 Å². The fourth-order valence-electron chi connectivity index (χ4n) is 2.75. The van der Waals surface area contributed by atoms with Crippen LogP contribution in [0.4, 0.5) is 0 Å². The summed E-state index contributed by atoms with van der Waals surface area (Å²) in [6, 6.07) is 7.36. The van der Waals surface area contributed by atoms with Gasteiger partial charge in [-0.2, -0.15) is 0 Å². The van der Waals surface area contributed by atoms with Crippen molar-refractivity contribution in [3.8, 4) is 11.5 Å². The van der Waals surface area contributed by atoms with Crippen molar-refractivity contribution >= 4 is 41.1 Å². The van der Waals surface area contributed by atoms with Crippen LogP contribution < -0.4 is 9.47 Å². The molecule has 0 fully saturated rings. The minimum atomic E-state index is 0.507. The quantitative estimate of drug-likeness (QED) is 0.533. The zero-order valence-electron chi connectivity index (χ0n) is 12.8. The van der Waals surface area contributed by atoms with E-state index in [1.54, 1.807) is 6.07 Å². The minimum Gasteiger partial charge on any atom is -0.491 e. The van der Waals surface area contributed by atoms with Crippen molar-refractivity contribution in [2.24, 2.45) is 0 Å². The molecule has 0 radical (unpaired) electrons. The molecule has 2 heterocycles. The van der Waals surface area contributed by atoms with Gasteiger partial charge in [-0.05, 0) is 34.9 Å². The number of rotatable bonds is 2. The Balaban J connectivity index is 0.000000141. The lowest BCUT2D eigenvalue weighted by molar-refractivity contribution is 0.112. The van der Waals surface area contributed by atoms with Gasteiger partial charge in [0.05, 0.1) is 23.3 Å². The zero-order chi connectivity index (χ0) is 17.1. The third-order valence-electron chi connectivity index (χ3n) is 3.85. The summed E-state index contributed by atoms with van der Waals surface area (Å²) in [4.78, 5) is 10.5. The van der Waals surface area contributed by atoms with Gasteiger partial charge in [0.2, 0.25) is 0 Å². The van der Waals surface area contributed by atoms with E-state index < -0.39 is 0 Å². The maximum absolute atomic E-state index is 10.5. The van der Waals surface area contributed by atoms with E-state index in [1.807, 2.05) is 12.1 Å². The highest BCUT2D eigenvalue weighted by atomic mass is 35.5. The summed E-state index contributed by atoms with van der Waals surface area (Å²) in [6.07, 6.45) is 2.58. The summed E-state index contributed by atoms with van der Waals surface area (Å²) in [6.45, 7) is 1.40. The van der Waals surface area contributed by atoms with Gasteiger partial charge in [-0.3, -0.25) is 4.79 Å². The van der Waals surface area contributed by atoms with Crippen LogP contribution in [0.2, 0.25) is 10.0 Å². The van der Waals surface area contributed by atoms with Crippen LogP contribution in [0, 0.1) is 0 Å². The smallest absolute Gasteiger partial charge is 0.150 e. The van der Waals surface area contributed by atoms with Crippen LogP contribution in [0.5, 0.6) is 11.5 Å². The molecule has 0 atom stereocenters. The number of ether oxygens (including phenoxy) is 2. The molecule has 0 saturated carbocycles. The topological polar surface area (TPSA) is 35.5 Å². The predicted molar refractivity (Wildman–Crippen MR) is 96.2 cm³/mol. The highest BCUT2D eigenvalue weighted by Gasteiger charge is 2.17. The van der Waals surface area contributed by atoms with Crippen LogP contribution in [-0.2, 0) is 18.7 Å². The molecule has 2 aromatic rings. The van der Waals surface area contributed by atoms with Crippen molar-refractivity contribution in [3.05, 3.63) is 56.6 Å². The predicted octanol–water partition coefficient (Wildman–Crippen LogP) is 5.10. The molecule has 2 aromatic carbocycles. The number of hydrogen-bond acceptors (Lipinski definition) is 3. The van der Waals surface area contributed by atoms with Gasteiger partial charge in [-0.25, -0.2) is 0 Å². The Kier molecular flexibility index (Phi) is 5.54. The van der Waals surface area contributed by atoms with Crippen molar-refractivity contribution in [1.29, 1.82) is 0 Å². The summed E-state index contributed by atoms with van der Waals surface area (Å²) in [5.74, 6) is 2.08. The zero-order valence-corrected chi connectivity index (χ0v) is 15.0. The molecule has 3 nitrogen and oxygen atoms in total. The first kappa shape index (κ1) is 17.4. The fraction of sp³-hybridized carbons (Fsp3) is 0.278. The molecular formula is C18H15Cl3O3. The summed E-state index contributed by atoms with van der Waals surface area (Å²) in [7, 11) is 0. The second-order valence-electron chi connectivity index (χ2n) is 5.51. The molecule has 24 heavy (non-hydrogen) atoms. The number of alkyl halides is 1. The van der Waals surface area contributed by atoms with Gasteiger partial charge in [0.1, 0.15) is 17.8 Å². The molecule has 0 N–H and O–H groups in total. The Labute approximate surface area is 155 Å². The number of carbonyl (C=O) groups is 1. The Morgan fingerprint density at radius 1 is 0.917 bits per heavy atom. The molecular weight excluding hydrogens is 371 g/mol. The molecule has 0 aromatic heterocycles. The lowest BCUT2D eigenvalue weighted by atomic mass is 10.1. The number of fused-ring (bicyclic) bond motifs is 2. The molecule has 0 saturated heterocycles. The van der Waals surface area contributed by atoms with Crippen molar-refractivity contribution < 1.29 is 14.3 Å². The summed E-state index contributed by atoms with van der Waals surface area (Å²) in [5.41, 5.74) is 3.89. The maximum atomic E-state index is 10.5. The number of benzene rings is 2. The average Bonchev–Trinajstić information content (AvgIpc) is 3.24. The van der Waals surface area contributed by atoms with E-state index in [-0.39, 0.29) is 0 Å². The second-order valence-corrected chi connectivity index (χ2v) is 6.59. The second kappa shape index (κ2) is 7.64. The van der Waals surface area contributed by atoms with Gasteiger partial charge in [-0.15, -0.1) is 11.6 Å². The molecule has 0 amide bonds. The van der Waals surface area contributed by atoms with E-state index >= 15 is 0 Å². The largest absolute Gasteiger partial charge is 0.491 e. The van der Waals surface area contributed by atoms with Gasteiger partial charge in [0, 0.05) is 24.3 Å². The van der Waals surface area contributed by atoms with Crippen LogP contribution >= 0.6 is 34.8 Å². The van der Waals surface area contributed by atoms with E-state index in [1.165, 1.54) is 5.56 Å². The molecule has 126 valence electrons.